The molecule has 0 fully saturated rings. The maximum Gasteiger partial charge on any atom is 0.270 e. The third-order valence-corrected chi connectivity index (χ3v) is 3.34. The monoisotopic (exact) mass is 321 g/mol. The summed E-state index contributed by atoms with van der Waals surface area (Å²) in [5.74, 6) is -0.131. The van der Waals surface area contributed by atoms with Crippen LogP contribution in [0.2, 0.25) is 5.02 Å². The van der Waals surface area contributed by atoms with Crippen LogP contribution in [0, 0.1) is 10.1 Å². The number of non-ortho nitro benzene ring substituents is 1. The van der Waals surface area contributed by atoms with Crippen molar-refractivity contribution in [1.29, 1.82) is 0 Å². The number of likely N-dealkylation sites (N-methyl/N-ethyl adjacent to an activating group) is 1. The number of carbonyl (C=O) groups is 1. The molecule has 0 heterocycles. The highest BCUT2D eigenvalue weighted by Gasteiger charge is 2.17. The second-order valence-corrected chi connectivity index (χ2v) is 4.71. The summed E-state index contributed by atoms with van der Waals surface area (Å²) in [5, 5.41) is 10.8. The summed E-state index contributed by atoms with van der Waals surface area (Å²) in [6, 6.07) is 4.01. The molecule has 1 amide bonds. The zero-order valence-corrected chi connectivity index (χ0v) is 12.8. The number of nitro benzene ring substituents is 1. The van der Waals surface area contributed by atoms with E-state index in [1.165, 1.54) is 23.1 Å². The fraction of sp³-hybridized carbons (Fsp3) is 0.417. The Bertz CT molecular complexity index is 497. The van der Waals surface area contributed by atoms with Crippen molar-refractivity contribution in [3.05, 3.63) is 38.9 Å². The molecule has 0 radical (unpaired) electrons. The summed E-state index contributed by atoms with van der Waals surface area (Å²) in [6.45, 7) is 2.21. The van der Waals surface area contributed by atoms with Crippen molar-refractivity contribution < 1.29 is 9.72 Å². The number of hydrogen-bond donors (Lipinski definition) is 1. The zero-order valence-electron chi connectivity index (χ0n) is 11.2. The van der Waals surface area contributed by atoms with Crippen LogP contribution in [0.1, 0.15) is 12.5 Å². The number of amides is 1. The quantitative estimate of drug-likeness (QED) is 0.663. The van der Waals surface area contributed by atoms with Crippen molar-refractivity contribution in [2.75, 3.05) is 13.6 Å². The van der Waals surface area contributed by atoms with Gasteiger partial charge in [0, 0.05) is 31.8 Å². The Morgan fingerprint density at radius 2 is 2.15 bits per heavy atom. The lowest BCUT2D eigenvalue weighted by atomic mass is 10.1. The highest BCUT2D eigenvalue weighted by Crippen LogP contribution is 2.23. The third-order valence-electron chi connectivity index (χ3n) is 2.98. The molecule has 0 saturated heterocycles. The van der Waals surface area contributed by atoms with Crippen LogP contribution in [-0.4, -0.2) is 35.4 Å². The van der Waals surface area contributed by atoms with E-state index >= 15 is 0 Å². The number of rotatable bonds is 5. The Kier molecular flexibility index (Phi) is 7.49. The molecule has 0 aliphatic rings. The van der Waals surface area contributed by atoms with Gasteiger partial charge in [-0.15, -0.1) is 12.4 Å². The number of nitro groups is 1. The molecule has 112 valence electrons. The molecule has 20 heavy (non-hydrogen) atoms. The molecule has 0 aliphatic carbocycles. The highest BCUT2D eigenvalue weighted by atomic mass is 35.5. The molecular weight excluding hydrogens is 305 g/mol. The van der Waals surface area contributed by atoms with Gasteiger partial charge in [0.25, 0.3) is 5.69 Å². The lowest BCUT2D eigenvalue weighted by Gasteiger charge is -2.23. The molecule has 0 aliphatic heterocycles. The lowest BCUT2D eigenvalue weighted by Crippen LogP contribution is -2.40. The van der Waals surface area contributed by atoms with Gasteiger partial charge in [-0.25, -0.2) is 0 Å². The highest BCUT2D eigenvalue weighted by molar-refractivity contribution is 6.31. The number of nitrogens with zero attached hydrogens (tertiary/aromatic N) is 2. The van der Waals surface area contributed by atoms with Gasteiger partial charge in [0.1, 0.15) is 0 Å². The summed E-state index contributed by atoms with van der Waals surface area (Å²) in [4.78, 5) is 23.6. The molecule has 0 aromatic heterocycles. The number of benzene rings is 1. The fourth-order valence-corrected chi connectivity index (χ4v) is 1.73. The summed E-state index contributed by atoms with van der Waals surface area (Å²) in [5.41, 5.74) is 5.96. The van der Waals surface area contributed by atoms with Gasteiger partial charge >= 0.3 is 0 Å². The van der Waals surface area contributed by atoms with Crippen molar-refractivity contribution in [2.24, 2.45) is 5.73 Å². The Morgan fingerprint density at radius 1 is 1.55 bits per heavy atom. The molecule has 0 spiro atoms. The van der Waals surface area contributed by atoms with E-state index in [-0.39, 0.29) is 41.5 Å². The molecule has 1 unspecified atom stereocenters. The minimum absolute atomic E-state index is 0. The number of hydrogen-bond acceptors (Lipinski definition) is 4. The molecule has 0 saturated carbocycles. The predicted octanol–water partition coefficient (Wildman–Crippen LogP) is 2.02. The average molecular weight is 322 g/mol. The first-order chi connectivity index (χ1) is 8.86. The van der Waals surface area contributed by atoms with Crippen LogP contribution in [-0.2, 0) is 11.2 Å². The van der Waals surface area contributed by atoms with E-state index in [1.54, 1.807) is 7.05 Å². The molecular formula is C12H17Cl2N3O3. The normalized spacial score (nSPS) is 11.4. The van der Waals surface area contributed by atoms with Crippen molar-refractivity contribution >= 4 is 35.6 Å². The average Bonchev–Trinajstić information content (AvgIpc) is 2.38. The van der Waals surface area contributed by atoms with Gasteiger partial charge in [-0.1, -0.05) is 17.7 Å². The largest absolute Gasteiger partial charge is 0.341 e. The summed E-state index contributed by atoms with van der Waals surface area (Å²) in [6.07, 6.45) is 0.0949. The maximum atomic E-state index is 12.0. The van der Waals surface area contributed by atoms with Crippen LogP contribution in [0.15, 0.2) is 18.2 Å². The Balaban J connectivity index is 0.00000361. The van der Waals surface area contributed by atoms with Crippen LogP contribution in [0.5, 0.6) is 0 Å². The van der Waals surface area contributed by atoms with Crippen LogP contribution in [0.25, 0.3) is 0 Å². The molecule has 0 bridgehead atoms. The van der Waals surface area contributed by atoms with Gasteiger partial charge in [0.15, 0.2) is 0 Å². The van der Waals surface area contributed by atoms with E-state index in [0.29, 0.717) is 12.1 Å². The van der Waals surface area contributed by atoms with Crippen LogP contribution < -0.4 is 5.73 Å². The first kappa shape index (κ1) is 18.6. The van der Waals surface area contributed by atoms with Crippen molar-refractivity contribution in [2.45, 2.75) is 19.4 Å². The van der Waals surface area contributed by atoms with Gasteiger partial charge in [0.05, 0.1) is 16.4 Å². The zero-order chi connectivity index (χ0) is 14.6. The van der Waals surface area contributed by atoms with E-state index in [0.717, 1.165) is 0 Å². The van der Waals surface area contributed by atoms with Crippen molar-refractivity contribution in [3.8, 4) is 0 Å². The first-order valence-electron chi connectivity index (χ1n) is 5.75. The van der Waals surface area contributed by atoms with Crippen LogP contribution in [0.3, 0.4) is 0 Å². The van der Waals surface area contributed by atoms with Crippen LogP contribution in [0.4, 0.5) is 5.69 Å². The lowest BCUT2D eigenvalue weighted by molar-refractivity contribution is -0.384. The number of carbonyl (C=O) groups excluding carboxylic acids is 1. The number of halogens is 2. The Morgan fingerprint density at radius 3 is 2.60 bits per heavy atom. The predicted molar refractivity (Wildman–Crippen MR) is 80.3 cm³/mol. The number of nitrogens with two attached hydrogens (primary N) is 1. The third kappa shape index (κ3) is 4.63. The summed E-state index contributed by atoms with van der Waals surface area (Å²) < 4.78 is 0. The minimum atomic E-state index is -0.528. The molecule has 1 rings (SSSR count). The van der Waals surface area contributed by atoms with E-state index < -0.39 is 4.92 Å². The van der Waals surface area contributed by atoms with Gasteiger partial charge in [-0.3, -0.25) is 14.9 Å². The molecule has 2 N–H and O–H groups in total. The Labute approximate surface area is 128 Å². The van der Waals surface area contributed by atoms with Gasteiger partial charge in [-0.2, -0.15) is 0 Å². The molecule has 1 aromatic carbocycles. The maximum absolute atomic E-state index is 12.0. The van der Waals surface area contributed by atoms with E-state index in [1.807, 2.05) is 6.92 Å². The van der Waals surface area contributed by atoms with Gasteiger partial charge in [0.2, 0.25) is 5.91 Å². The topological polar surface area (TPSA) is 89.5 Å². The SMILES string of the molecule is CC(CN)N(C)C(=O)Cc1ccc([N+](=O)[O-])cc1Cl.Cl. The van der Waals surface area contributed by atoms with Crippen molar-refractivity contribution in [3.63, 3.8) is 0 Å². The molecule has 1 atom stereocenters. The van der Waals surface area contributed by atoms with Crippen molar-refractivity contribution in [1.82, 2.24) is 4.90 Å². The van der Waals surface area contributed by atoms with E-state index in [9.17, 15) is 14.9 Å². The second-order valence-electron chi connectivity index (χ2n) is 4.30. The summed E-state index contributed by atoms with van der Waals surface area (Å²) in [7, 11) is 1.67. The van der Waals surface area contributed by atoms with Gasteiger partial charge < -0.3 is 10.6 Å². The first-order valence-corrected chi connectivity index (χ1v) is 6.13. The minimum Gasteiger partial charge on any atom is -0.341 e. The molecule has 1 aromatic rings. The Hall–Kier alpha value is -1.37. The molecule has 6 nitrogen and oxygen atoms in total. The fourth-order valence-electron chi connectivity index (χ4n) is 1.48. The summed E-state index contributed by atoms with van der Waals surface area (Å²) >= 11 is 5.94. The van der Waals surface area contributed by atoms with E-state index in [4.69, 9.17) is 17.3 Å². The smallest absolute Gasteiger partial charge is 0.270 e. The van der Waals surface area contributed by atoms with E-state index in [2.05, 4.69) is 0 Å². The standard InChI is InChI=1S/C12H16ClN3O3.ClH/c1-8(7-14)15(2)12(17)5-9-3-4-10(16(18)19)6-11(9)13;/h3-4,6,8H,5,7,14H2,1-2H3;1H. The molecule has 8 heteroatoms. The van der Waals surface area contributed by atoms with Gasteiger partial charge in [-0.05, 0) is 12.5 Å². The second kappa shape index (κ2) is 8.04. The van der Waals surface area contributed by atoms with Crippen LogP contribution >= 0.6 is 24.0 Å².